The molecule has 3 aromatic rings. The first kappa shape index (κ1) is 22.5. The van der Waals surface area contributed by atoms with Gasteiger partial charge in [-0.1, -0.05) is 35.9 Å². The molecule has 0 aromatic heterocycles. The number of nitrogens with one attached hydrogen (secondary N) is 2. The molecule has 0 spiro atoms. The number of benzene rings is 3. The summed E-state index contributed by atoms with van der Waals surface area (Å²) in [6, 6.07) is 17.8. The Morgan fingerprint density at radius 1 is 0.935 bits per heavy atom. The zero-order valence-corrected chi connectivity index (χ0v) is 18.3. The van der Waals surface area contributed by atoms with E-state index in [2.05, 4.69) is 10.0 Å². The summed E-state index contributed by atoms with van der Waals surface area (Å²) in [5.41, 5.74) is 3.28. The van der Waals surface area contributed by atoms with Gasteiger partial charge in [0.05, 0.1) is 10.6 Å². The molecule has 0 aliphatic heterocycles. The van der Waals surface area contributed by atoms with Crippen molar-refractivity contribution < 1.29 is 17.6 Å². The lowest BCUT2D eigenvalue weighted by Gasteiger charge is -2.14. The Morgan fingerprint density at radius 2 is 1.61 bits per heavy atom. The summed E-state index contributed by atoms with van der Waals surface area (Å²) in [7, 11) is -3.76. The largest absolute Gasteiger partial charge is 0.352 e. The van der Waals surface area contributed by atoms with E-state index in [-0.39, 0.29) is 16.6 Å². The second kappa shape index (κ2) is 9.75. The van der Waals surface area contributed by atoms with Crippen LogP contribution in [-0.4, -0.2) is 20.9 Å². The number of hydrogen-bond donors (Lipinski definition) is 2. The number of carbonyl (C=O) groups is 1. The van der Waals surface area contributed by atoms with Crippen molar-refractivity contribution >= 4 is 21.6 Å². The van der Waals surface area contributed by atoms with Crippen LogP contribution in [-0.2, 0) is 16.4 Å². The number of hydrogen-bond acceptors (Lipinski definition) is 3. The molecule has 3 rings (SSSR count). The van der Waals surface area contributed by atoms with Crippen molar-refractivity contribution in [3.63, 3.8) is 0 Å². The van der Waals surface area contributed by atoms with E-state index >= 15 is 0 Å². The third-order valence-electron chi connectivity index (χ3n) is 5.00. The smallest absolute Gasteiger partial charge is 0.261 e. The molecule has 2 N–H and O–H groups in total. The van der Waals surface area contributed by atoms with Crippen LogP contribution in [0, 0.1) is 19.7 Å². The van der Waals surface area contributed by atoms with E-state index in [0.29, 0.717) is 29.8 Å². The molecule has 0 aliphatic rings. The number of sulfonamides is 1. The Hall–Kier alpha value is -3.19. The van der Waals surface area contributed by atoms with E-state index in [1.54, 1.807) is 61.5 Å². The van der Waals surface area contributed by atoms with Gasteiger partial charge in [-0.3, -0.25) is 9.52 Å². The average Bonchev–Trinajstić information content (AvgIpc) is 2.74. The first-order valence-corrected chi connectivity index (χ1v) is 11.5. The second-order valence-corrected chi connectivity index (χ2v) is 9.07. The highest BCUT2D eigenvalue weighted by molar-refractivity contribution is 7.92. The monoisotopic (exact) mass is 440 g/mol. The second-order valence-electron chi connectivity index (χ2n) is 7.38. The zero-order valence-electron chi connectivity index (χ0n) is 17.5. The van der Waals surface area contributed by atoms with Crippen LogP contribution in [0.25, 0.3) is 0 Å². The van der Waals surface area contributed by atoms with Crippen LogP contribution in [0.15, 0.2) is 71.6 Å². The fourth-order valence-electron chi connectivity index (χ4n) is 3.15. The van der Waals surface area contributed by atoms with Crippen molar-refractivity contribution in [3.05, 3.63) is 94.8 Å². The van der Waals surface area contributed by atoms with E-state index in [0.717, 1.165) is 17.5 Å². The topological polar surface area (TPSA) is 75.3 Å². The van der Waals surface area contributed by atoms with Crippen LogP contribution in [0.1, 0.15) is 33.5 Å². The van der Waals surface area contributed by atoms with Gasteiger partial charge in [-0.05, 0) is 74.2 Å². The molecule has 7 heteroatoms. The fraction of sp³-hybridized carbons (Fsp3) is 0.208. The quantitative estimate of drug-likeness (QED) is 0.503. The van der Waals surface area contributed by atoms with E-state index < -0.39 is 10.0 Å². The van der Waals surface area contributed by atoms with Crippen LogP contribution in [0.4, 0.5) is 10.1 Å². The molecule has 31 heavy (non-hydrogen) atoms. The lowest BCUT2D eigenvalue weighted by molar-refractivity contribution is 0.0952. The summed E-state index contributed by atoms with van der Waals surface area (Å²) >= 11 is 0. The number of anilines is 1. The van der Waals surface area contributed by atoms with Crippen molar-refractivity contribution in [2.24, 2.45) is 0 Å². The first-order chi connectivity index (χ1) is 14.8. The standard InChI is InChI=1S/C24H25FN2O3S/c1-17-8-14-21(15-9-17)31(29,30)27-23-7-3-6-22(18(23)2)24(28)26-16-4-5-19-10-12-20(25)13-11-19/h3,6-15,27H,4-5,16H2,1-2H3,(H,26,28). The van der Waals surface area contributed by atoms with Gasteiger partial charge in [0.1, 0.15) is 5.82 Å². The fourth-order valence-corrected chi connectivity index (χ4v) is 4.28. The van der Waals surface area contributed by atoms with E-state index in [1.165, 1.54) is 12.1 Å². The van der Waals surface area contributed by atoms with E-state index in [4.69, 9.17) is 0 Å². The van der Waals surface area contributed by atoms with Crippen LogP contribution in [0.3, 0.4) is 0 Å². The molecule has 3 aromatic carbocycles. The van der Waals surface area contributed by atoms with Crippen molar-refractivity contribution in [2.75, 3.05) is 11.3 Å². The van der Waals surface area contributed by atoms with Crippen molar-refractivity contribution in [3.8, 4) is 0 Å². The number of halogens is 1. The maximum atomic E-state index is 13.0. The molecule has 0 saturated carbocycles. The highest BCUT2D eigenvalue weighted by Gasteiger charge is 2.18. The molecule has 0 bridgehead atoms. The van der Waals surface area contributed by atoms with Crippen LogP contribution < -0.4 is 10.0 Å². The Balaban J connectivity index is 1.63. The van der Waals surface area contributed by atoms with Crippen molar-refractivity contribution in [2.45, 2.75) is 31.6 Å². The molecule has 5 nitrogen and oxygen atoms in total. The molecule has 0 radical (unpaired) electrons. The maximum Gasteiger partial charge on any atom is 0.261 e. The van der Waals surface area contributed by atoms with Crippen LogP contribution in [0.5, 0.6) is 0 Å². The zero-order chi connectivity index (χ0) is 22.4. The molecule has 0 atom stereocenters. The van der Waals surface area contributed by atoms with E-state index in [9.17, 15) is 17.6 Å². The van der Waals surface area contributed by atoms with Gasteiger partial charge in [0.15, 0.2) is 0 Å². The van der Waals surface area contributed by atoms with Crippen molar-refractivity contribution in [1.29, 1.82) is 0 Å². The first-order valence-electron chi connectivity index (χ1n) is 9.98. The maximum absolute atomic E-state index is 13.0. The van der Waals surface area contributed by atoms with Gasteiger partial charge in [0.25, 0.3) is 15.9 Å². The van der Waals surface area contributed by atoms with Crippen LogP contribution in [0.2, 0.25) is 0 Å². The Labute approximate surface area is 182 Å². The number of carbonyl (C=O) groups excluding carboxylic acids is 1. The summed E-state index contributed by atoms with van der Waals surface area (Å²) in [4.78, 5) is 12.8. The number of rotatable bonds is 8. The number of amides is 1. The van der Waals surface area contributed by atoms with Gasteiger partial charge >= 0.3 is 0 Å². The lowest BCUT2D eigenvalue weighted by Crippen LogP contribution is -2.26. The average molecular weight is 441 g/mol. The lowest BCUT2D eigenvalue weighted by atomic mass is 10.1. The minimum atomic E-state index is -3.76. The molecule has 1 amide bonds. The molecule has 0 heterocycles. The SMILES string of the molecule is Cc1ccc(S(=O)(=O)Nc2cccc(C(=O)NCCCc3ccc(F)cc3)c2C)cc1. The third kappa shape index (κ3) is 5.92. The predicted octanol–water partition coefficient (Wildman–Crippen LogP) is 4.61. The Bertz CT molecular complexity index is 1160. The minimum Gasteiger partial charge on any atom is -0.352 e. The molecule has 0 aliphatic carbocycles. The van der Waals surface area contributed by atoms with Gasteiger partial charge in [-0.15, -0.1) is 0 Å². The molecular weight excluding hydrogens is 415 g/mol. The summed E-state index contributed by atoms with van der Waals surface area (Å²) in [6.07, 6.45) is 1.42. The predicted molar refractivity (Wildman–Crippen MR) is 120 cm³/mol. The molecule has 0 unspecified atom stereocenters. The van der Waals surface area contributed by atoms with Gasteiger partial charge in [-0.25, -0.2) is 12.8 Å². The summed E-state index contributed by atoms with van der Waals surface area (Å²) < 4.78 is 40.9. The summed E-state index contributed by atoms with van der Waals surface area (Å²) in [6.45, 7) is 4.05. The Kier molecular flexibility index (Phi) is 7.07. The molecule has 162 valence electrons. The Morgan fingerprint density at radius 3 is 2.29 bits per heavy atom. The molecular formula is C24H25FN2O3S. The van der Waals surface area contributed by atoms with Crippen molar-refractivity contribution in [1.82, 2.24) is 5.32 Å². The summed E-state index contributed by atoms with van der Waals surface area (Å²) in [5, 5.41) is 2.86. The minimum absolute atomic E-state index is 0.160. The van der Waals surface area contributed by atoms with Crippen LogP contribution >= 0.6 is 0 Å². The number of aryl methyl sites for hydroxylation is 2. The van der Waals surface area contributed by atoms with Gasteiger partial charge < -0.3 is 5.32 Å². The molecule has 0 saturated heterocycles. The van der Waals surface area contributed by atoms with Gasteiger partial charge in [-0.2, -0.15) is 0 Å². The van der Waals surface area contributed by atoms with Gasteiger partial charge in [0.2, 0.25) is 0 Å². The molecule has 0 fully saturated rings. The normalized spacial score (nSPS) is 11.2. The highest BCUT2D eigenvalue weighted by atomic mass is 32.2. The van der Waals surface area contributed by atoms with E-state index in [1.807, 2.05) is 6.92 Å². The summed E-state index contributed by atoms with van der Waals surface area (Å²) in [5.74, 6) is -0.543. The third-order valence-corrected chi connectivity index (χ3v) is 6.38. The van der Waals surface area contributed by atoms with Gasteiger partial charge in [0, 0.05) is 12.1 Å². The highest BCUT2D eigenvalue weighted by Crippen LogP contribution is 2.23.